The summed E-state index contributed by atoms with van der Waals surface area (Å²) in [6, 6.07) is 0. The van der Waals surface area contributed by atoms with Crippen molar-refractivity contribution in [2.24, 2.45) is 5.73 Å². The van der Waals surface area contributed by atoms with Crippen molar-refractivity contribution in [3.8, 4) is 0 Å². The molecule has 1 aliphatic carbocycles. The first-order chi connectivity index (χ1) is 12.5. The van der Waals surface area contributed by atoms with Crippen molar-refractivity contribution in [1.82, 2.24) is 19.9 Å². The molecular weight excluding hydrogens is 334 g/mol. The van der Waals surface area contributed by atoms with Crippen LogP contribution in [0.15, 0.2) is 4.52 Å². The Bertz CT molecular complexity index is 591. The standard InChI is InChI=1S/C18H31N5O3/c1-3-25-14(2)16-20-15(26-21-16)13-22-9-11-23(12-10-22)17(24)18(19)7-5-4-6-8-18/h14H,3-13,19H2,1-2H3. The zero-order valence-corrected chi connectivity index (χ0v) is 15.9. The van der Waals surface area contributed by atoms with E-state index in [0.717, 1.165) is 38.8 Å². The SMILES string of the molecule is CCOC(C)c1noc(CN2CCN(C(=O)C3(N)CCCCC3)CC2)n1. The minimum absolute atomic E-state index is 0.127. The number of hydrogen-bond acceptors (Lipinski definition) is 7. The summed E-state index contributed by atoms with van der Waals surface area (Å²) < 4.78 is 10.8. The second-order valence-electron chi connectivity index (χ2n) is 7.43. The summed E-state index contributed by atoms with van der Waals surface area (Å²) in [5, 5.41) is 3.99. The fourth-order valence-electron chi connectivity index (χ4n) is 3.83. The molecule has 1 amide bonds. The van der Waals surface area contributed by atoms with Gasteiger partial charge >= 0.3 is 0 Å². The first-order valence-electron chi connectivity index (χ1n) is 9.76. The van der Waals surface area contributed by atoms with E-state index < -0.39 is 5.54 Å². The molecule has 0 spiro atoms. The molecule has 1 unspecified atom stereocenters. The molecule has 1 aromatic rings. The quantitative estimate of drug-likeness (QED) is 0.815. The lowest BCUT2D eigenvalue weighted by atomic mass is 9.81. The van der Waals surface area contributed by atoms with E-state index in [1.165, 1.54) is 6.42 Å². The van der Waals surface area contributed by atoms with E-state index in [9.17, 15) is 4.79 Å². The van der Waals surface area contributed by atoms with Gasteiger partial charge in [-0.15, -0.1) is 0 Å². The van der Waals surface area contributed by atoms with E-state index in [2.05, 4.69) is 15.0 Å². The van der Waals surface area contributed by atoms with Gasteiger partial charge in [-0.3, -0.25) is 9.69 Å². The number of nitrogens with two attached hydrogens (primary N) is 1. The van der Waals surface area contributed by atoms with E-state index >= 15 is 0 Å². The highest BCUT2D eigenvalue weighted by molar-refractivity contribution is 5.86. The molecule has 1 saturated carbocycles. The van der Waals surface area contributed by atoms with Crippen LogP contribution in [0.25, 0.3) is 0 Å². The number of aromatic nitrogens is 2. The summed E-state index contributed by atoms with van der Waals surface area (Å²) in [5.41, 5.74) is 5.76. The number of rotatable bonds is 6. The summed E-state index contributed by atoms with van der Waals surface area (Å²) in [7, 11) is 0. The average molecular weight is 365 g/mol. The smallest absolute Gasteiger partial charge is 0.242 e. The molecule has 3 rings (SSSR count). The van der Waals surface area contributed by atoms with Gasteiger partial charge in [-0.05, 0) is 26.7 Å². The number of ether oxygens (including phenoxy) is 1. The van der Waals surface area contributed by atoms with Crippen molar-refractivity contribution >= 4 is 5.91 Å². The van der Waals surface area contributed by atoms with Crippen molar-refractivity contribution in [3.63, 3.8) is 0 Å². The Morgan fingerprint density at radius 1 is 1.27 bits per heavy atom. The van der Waals surface area contributed by atoms with Gasteiger partial charge in [0.15, 0.2) is 5.82 Å². The van der Waals surface area contributed by atoms with E-state index in [-0.39, 0.29) is 12.0 Å². The Balaban J connectivity index is 1.49. The Labute approximate surface area is 155 Å². The van der Waals surface area contributed by atoms with Crippen LogP contribution in [0.1, 0.15) is 63.8 Å². The topological polar surface area (TPSA) is 97.7 Å². The fraction of sp³-hybridized carbons (Fsp3) is 0.833. The van der Waals surface area contributed by atoms with E-state index in [1.807, 2.05) is 18.7 Å². The van der Waals surface area contributed by atoms with Gasteiger partial charge in [0.05, 0.1) is 12.1 Å². The molecule has 0 aromatic carbocycles. The summed E-state index contributed by atoms with van der Waals surface area (Å²) in [5.74, 6) is 1.30. The van der Waals surface area contributed by atoms with Crippen molar-refractivity contribution in [1.29, 1.82) is 0 Å². The molecule has 2 N–H and O–H groups in total. The van der Waals surface area contributed by atoms with Gasteiger partial charge in [0.25, 0.3) is 0 Å². The summed E-state index contributed by atoms with van der Waals surface area (Å²) >= 11 is 0. The van der Waals surface area contributed by atoms with Crippen LogP contribution in [0.4, 0.5) is 0 Å². The molecule has 2 fully saturated rings. The number of hydrogen-bond donors (Lipinski definition) is 1. The largest absolute Gasteiger partial charge is 0.371 e. The van der Waals surface area contributed by atoms with E-state index in [1.54, 1.807) is 0 Å². The molecule has 146 valence electrons. The highest BCUT2D eigenvalue weighted by Gasteiger charge is 2.39. The Morgan fingerprint density at radius 3 is 2.62 bits per heavy atom. The highest BCUT2D eigenvalue weighted by atomic mass is 16.5. The summed E-state index contributed by atoms with van der Waals surface area (Å²) in [6.07, 6.45) is 4.77. The number of amides is 1. The first-order valence-corrected chi connectivity index (χ1v) is 9.76. The van der Waals surface area contributed by atoms with Crippen molar-refractivity contribution < 1.29 is 14.1 Å². The lowest BCUT2D eigenvalue weighted by Gasteiger charge is -2.40. The molecule has 26 heavy (non-hydrogen) atoms. The predicted molar refractivity (Wildman–Crippen MR) is 96.2 cm³/mol. The third kappa shape index (κ3) is 4.42. The van der Waals surface area contributed by atoms with E-state index in [0.29, 0.717) is 38.0 Å². The molecule has 8 heteroatoms. The summed E-state index contributed by atoms with van der Waals surface area (Å²) in [6.45, 7) is 8.06. The van der Waals surface area contributed by atoms with Gasteiger partial charge in [-0.25, -0.2) is 0 Å². The van der Waals surface area contributed by atoms with Crippen LogP contribution < -0.4 is 5.73 Å². The van der Waals surface area contributed by atoms with Crippen LogP contribution in [0, 0.1) is 0 Å². The monoisotopic (exact) mass is 365 g/mol. The zero-order chi connectivity index (χ0) is 18.6. The molecule has 1 aromatic heterocycles. The third-order valence-corrected chi connectivity index (χ3v) is 5.45. The lowest BCUT2D eigenvalue weighted by molar-refractivity contribution is -0.140. The average Bonchev–Trinajstić information content (AvgIpc) is 3.11. The van der Waals surface area contributed by atoms with Gasteiger partial charge in [0.1, 0.15) is 6.10 Å². The second kappa shape index (κ2) is 8.45. The van der Waals surface area contributed by atoms with Crippen LogP contribution in [0.2, 0.25) is 0 Å². The van der Waals surface area contributed by atoms with Crippen LogP contribution in [-0.2, 0) is 16.1 Å². The Morgan fingerprint density at radius 2 is 1.96 bits per heavy atom. The maximum Gasteiger partial charge on any atom is 0.242 e. The van der Waals surface area contributed by atoms with Gasteiger partial charge in [-0.2, -0.15) is 4.98 Å². The number of piperazine rings is 1. The number of nitrogens with zero attached hydrogens (tertiary/aromatic N) is 4. The minimum Gasteiger partial charge on any atom is -0.371 e. The highest BCUT2D eigenvalue weighted by Crippen LogP contribution is 2.28. The number of carbonyl (C=O) groups excluding carboxylic acids is 1. The van der Waals surface area contributed by atoms with Crippen LogP contribution in [-0.4, -0.2) is 64.2 Å². The maximum atomic E-state index is 12.8. The second-order valence-corrected chi connectivity index (χ2v) is 7.43. The first kappa shape index (κ1) is 19.3. The normalized spacial score (nSPS) is 22.3. The zero-order valence-electron chi connectivity index (χ0n) is 15.9. The molecular formula is C18H31N5O3. The molecule has 1 aliphatic heterocycles. The molecule has 1 atom stereocenters. The Hall–Kier alpha value is -1.51. The third-order valence-electron chi connectivity index (χ3n) is 5.45. The molecule has 1 saturated heterocycles. The van der Waals surface area contributed by atoms with E-state index in [4.69, 9.17) is 15.0 Å². The molecule has 0 bridgehead atoms. The predicted octanol–water partition coefficient (Wildman–Crippen LogP) is 1.47. The van der Waals surface area contributed by atoms with Gasteiger partial charge in [-0.1, -0.05) is 24.4 Å². The Kier molecular flexibility index (Phi) is 6.26. The molecule has 8 nitrogen and oxygen atoms in total. The van der Waals surface area contributed by atoms with Gasteiger partial charge in [0, 0.05) is 32.8 Å². The summed E-state index contributed by atoms with van der Waals surface area (Å²) in [4.78, 5) is 21.4. The van der Waals surface area contributed by atoms with Crippen molar-refractivity contribution in [2.45, 2.75) is 64.1 Å². The molecule has 2 heterocycles. The van der Waals surface area contributed by atoms with Crippen molar-refractivity contribution in [3.05, 3.63) is 11.7 Å². The van der Waals surface area contributed by atoms with Gasteiger partial charge < -0.3 is 19.9 Å². The molecule has 0 radical (unpaired) electrons. The van der Waals surface area contributed by atoms with Crippen LogP contribution >= 0.6 is 0 Å². The molecule has 2 aliphatic rings. The van der Waals surface area contributed by atoms with Crippen LogP contribution in [0.3, 0.4) is 0 Å². The van der Waals surface area contributed by atoms with Crippen LogP contribution in [0.5, 0.6) is 0 Å². The minimum atomic E-state index is -0.642. The van der Waals surface area contributed by atoms with Gasteiger partial charge in [0.2, 0.25) is 11.8 Å². The number of carbonyl (C=O) groups is 1. The fourth-order valence-corrected chi connectivity index (χ4v) is 3.83. The maximum absolute atomic E-state index is 12.8. The van der Waals surface area contributed by atoms with Crippen molar-refractivity contribution in [2.75, 3.05) is 32.8 Å². The lowest BCUT2D eigenvalue weighted by Crippen LogP contribution is -2.60.